The first-order valence-electron chi connectivity index (χ1n) is 5.86. The summed E-state index contributed by atoms with van der Waals surface area (Å²) in [5.74, 6) is -1.19. The van der Waals surface area contributed by atoms with E-state index >= 15 is 0 Å². The van der Waals surface area contributed by atoms with Gasteiger partial charge in [0.15, 0.2) is 0 Å². The monoisotopic (exact) mass is 228 g/mol. The first-order valence-corrected chi connectivity index (χ1v) is 5.86. The number of nitrogens with one attached hydrogen (secondary N) is 1. The van der Waals surface area contributed by atoms with Crippen molar-refractivity contribution in [1.82, 2.24) is 10.2 Å². The summed E-state index contributed by atoms with van der Waals surface area (Å²) < 4.78 is 0. The third kappa shape index (κ3) is 4.18. The number of carbonyl (C=O) groups excluding carboxylic acids is 1. The van der Waals surface area contributed by atoms with Crippen molar-refractivity contribution >= 4 is 11.9 Å². The van der Waals surface area contributed by atoms with E-state index in [1.807, 2.05) is 0 Å². The lowest BCUT2D eigenvalue weighted by molar-refractivity contribution is -0.138. The van der Waals surface area contributed by atoms with Gasteiger partial charge in [-0.2, -0.15) is 0 Å². The number of aliphatic carboxylic acids is 1. The van der Waals surface area contributed by atoms with Crippen molar-refractivity contribution in [2.45, 2.75) is 38.6 Å². The van der Waals surface area contributed by atoms with Crippen LogP contribution in [-0.2, 0) is 9.59 Å². The number of likely N-dealkylation sites (tertiary alicyclic amines) is 1. The van der Waals surface area contributed by atoms with Gasteiger partial charge in [-0.1, -0.05) is 13.3 Å². The summed E-state index contributed by atoms with van der Waals surface area (Å²) in [6.07, 6.45) is 4.55. The predicted octanol–water partition coefficient (Wildman–Crippen LogP) is 0.452. The van der Waals surface area contributed by atoms with Gasteiger partial charge in [0.05, 0.1) is 6.54 Å². The highest BCUT2D eigenvalue weighted by atomic mass is 16.4. The van der Waals surface area contributed by atoms with Gasteiger partial charge in [-0.25, -0.2) is 0 Å². The zero-order chi connectivity index (χ0) is 12.0. The Balaban J connectivity index is 2.33. The molecule has 2 N–H and O–H groups in total. The van der Waals surface area contributed by atoms with E-state index in [4.69, 9.17) is 5.11 Å². The Morgan fingerprint density at radius 2 is 2.19 bits per heavy atom. The molecule has 0 bridgehead atoms. The Morgan fingerprint density at radius 3 is 2.81 bits per heavy atom. The van der Waals surface area contributed by atoms with Crippen molar-refractivity contribution in [3.63, 3.8) is 0 Å². The molecule has 1 atom stereocenters. The zero-order valence-electron chi connectivity index (χ0n) is 9.74. The fraction of sp³-hybridized carbons (Fsp3) is 0.818. The maximum Gasteiger partial charge on any atom is 0.322 e. The minimum Gasteiger partial charge on any atom is -0.480 e. The molecule has 0 aromatic heterocycles. The van der Waals surface area contributed by atoms with Crippen molar-refractivity contribution in [3.8, 4) is 0 Å². The van der Waals surface area contributed by atoms with Gasteiger partial charge in [-0.15, -0.1) is 0 Å². The number of rotatable bonds is 5. The van der Waals surface area contributed by atoms with Gasteiger partial charge >= 0.3 is 5.97 Å². The molecule has 1 fully saturated rings. The molecule has 0 aromatic rings. The minimum atomic E-state index is -1.00. The van der Waals surface area contributed by atoms with Crippen LogP contribution >= 0.6 is 0 Å². The molecule has 0 spiro atoms. The average molecular weight is 228 g/mol. The van der Waals surface area contributed by atoms with E-state index < -0.39 is 5.97 Å². The van der Waals surface area contributed by atoms with Crippen LogP contribution in [0.25, 0.3) is 0 Å². The number of amides is 1. The number of carboxylic acid groups (broad SMARTS) is 1. The van der Waals surface area contributed by atoms with Crippen LogP contribution in [0.2, 0.25) is 0 Å². The van der Waals surface area contributed by atoms with Crippen molar-refractivity contribution in [2.75, 3.05) is 19.6 Å². The lowest BCUT2D eigenvalue weighted by atomic mass is 10.0. The number of carboxylic acids is 1. The lowest BCUT2D eigenvalue weighted by Crippen LogP contribution is -2.46. The van der Waals surface area contributed by atoms with Gasteiger partial charge in [-0.3, -0.25) is 14.5 Å². The molecule has 1 aliphatic heterocycles. The number of nitrogens with zero attached hydrogens (tertiary/aromatic N) is 1. The molecule has 5 heteroatoms. The zero-order valence-corrected chi connectivity index (χ0v) is 9.74. The Morgan fingerprint density at radius 1 is 1.44 bits per heavy atom. The van der Waals surface area contributed by atoms with Crippen molar-refractivity contribution in [2.24, 2.45) is 0 Å². The third-order valence-electron chi connectivity index (χ3n) is 3.00. The summed E-state index contributed by atoms with van der Waals surface area (Å²) in [6.45, 7) is 3.10. The van der Waals surface area contributed by atoms with Crippen molar-refractivity contribution < 1.29 is 14.7 Å². The summed E-state index contributed by atoms with van der Waals surface area (Å²) in [5.41, 5.74) is 0. The molecule has 0 radical (unpaired) electrons. The number of hydrogen-bond donors (Lipinski definition) is 2. The highest BCUT2D eigenvalue weighted by Gasteiger charge is 2.22. The number of carbonyl (C=O) groups is 2. The average Bonchev–Trinajstić information content (AvgIpc) is 2.27. The molecular weight excluding hydrogens is 208 g/mol. The highest BCUT2D eigenvalue weighted by molar-refractivity contribution is 5.82. The molecule has 0 saturated carbocycles. The SMILES string of the molecule is CCC1CCCCN1CC(=O)NCC(=O)O. The quantitative estimate of drug-likeness (QED) is 0.717. The second-order valence-corrected chi connectivity index (χ2v) is 4.20. The van der Waals surface area contributed by atoms with E-state index in [0.717, 1.165) is 25.8 Å². The first kappa shape index (κ1) is 13.0. The third-order valence-corrected chi connectivity index (χ3v) is 3.00. The second kappa shape index (κ2) is 6.48. The molecule has 1 unspecified atom stereocenters. The van der Waals surface area contributed by atoms with E-state index in [2.05, 4.69) is 17.1 Å². The van der Waals surface area contributed by atoms with E-state index in [0.29, 0.717) is 12.6 Å². The molecule has 1 heterocycles. The number of piperidine rings is 1. The van der Waals surface area contributed by atoms with E-state index in [1.165, 1.54) is 6.42 Å². The van der Waals surface area contributed by atoms with Gasteiger partial charge in [0.25, 0.3) is 0 Å². The molecule has 5 nitrogen and oxygen atoms in total. The van der Waals surface area contributed by atoms with Crippen LogP contribution in [-0.4, -0.2) is 47.6 Å². The molecule has 1 amide bonds. The highest BCUT2D eigenvalue weighted by Crippen LogP contribution is 2.18. The second-order valence-electron chi connectivity index (χ2n) is 4.20. The van der Waals surface area contributed by atoms with Crippen LogP contribution in [0.15, 0.2) is 0 Å². The predicted molar refractivity (Wildman–Crippen MR) is 60.1 cm³/mol. The van der Waals surface area contributed by atoms with Crippen molar-refractivity contribution in [3.05, 3.63) is 0 Å². The lowest BCUT2D eigenvalue weighted by Gasteiger charge is -2.34. The summed E-state index contributed by atoms with van der Waals surface area (Å²) >= 11 is 0. The summed E-state index contributed by atoms with van der Waals surface area (Å²) in [5, 5.41) is 10.8. The van der Waals surface area contributed by atoms with E-state index in [-0.39, 0.29) is 12.5 Å². The summed E-state index contributed by atoms with van der Waals surface area (Å²) in [7, 11) is 0. The number of hydrogen-bond acceptors (Lipinski definition) is 3. The van der Waals surface area contributed by atoms with Crippen LogP contribution in [0.5, 0.6) is 0 Å². The molecule has 92 valence electrons. The maximum atomic E-state index is 11.5. The normalized spacial score (nSPS) is 21.7. The Hall–Kier alpha value is -1.10. The summed E-state index contributed by atoms with van der Waals surface area (Å²) in [6, 6.07) is 0.476. The van der Waals surface area contributed by atoms with Gasteiger partial charge in [-0.05, 0) is 25.8 Å². The molecule has 1 aliphatic rings. The fourth-order valence-corrected chi connectivity index (χ4v) is 2.15. The topological polar surface area (TPSA) is 69.6 Å². The van der Waals surface area contributed by atoms with Gasteiger partial charge in [0.2, 0.25) is 5.91 Å². The standard InChI is InChI=1S/C11H20N2O3/c1-2-9-5-3-4-6-13(9)8-10(14)12-7-11(15)16/h9H,2-8H2,1H3,(H,12,14)(H,15,16). The van der Waals surface area contributed by atoms with Gasteiger partial charge < -0.3 is 10.4 Å². The molecular formula is C11H20N2O3. The molecule has 1 saturated heterocycles. The van der Waals surface area contributed by atoms with Crippen LogP contribution in [0.1, 0.15) is 32.6 Å². The molecule has 1 rings (SSSR count). The minimum absolute atomic E-state index is 0.192. The first-order chi connectivity index (χ1) is 7.63. The Kier molecular flexibility index (Phi) is 5.25. The van der Waals surface area contributed by atoms with Gasteiger partial charge in [0.1, 0.15) is 6.54 Å². The summed E-state index contributed by atoms with van der Waals surface area (Å²) in [4.78, 5) is 23.9. The molecule has 0 aromatic carbocycles. The van der Waals surface area contributed by atoms with Crippen LogP contribution in [0, 0.1) is 0 Å². The van der Waals surface area contributed by atoms with Crippen LogP contribution in [0.3, 0.4) is 0 Å². The van der Waals surface area contributed by atoms with Crippen LogP contribution < -0.4 is 5.32 Å². The molecule has 0 aliphatic carbocycles. The van der Waals surface area contributed by atoms with Crippen molar-refractivity contribution in [1.29, 1.82) is 0 Å². The van der Waals surface area contributed by atoms with E-state index in [1.54, 1.807) is 0 Å². The maximum absolute atomic E-state index is 11.5. The largest absolute Gasteiger partial charge is 0.480 e. The fourth-order valence-electron chi connectivity index (χ4n) is 2.15. The Labute approximate surface area is 95.8 Å². The smallest absolute Gasteiger partial charge is 0.322 e. The van der Waals surface area contributed by atoms with Crippen LogP contribution in [0.4, 0.5) is 0 Å². The van der Waals surface area contributed by atoms with E-state index in [9.17, 15) is 9.59 Å². The molecule has 16 heavy (non-hydrogen) atoms. The van der Waals surface area contributed by atoms with Gasteiger partial charge in [0, 0.05) is 6.04 Å². The Bertz CT molecular complexity index is 256.